The Morgan fingerprint density at radius 2 is 1.47 bits per heavy atom. The second-order valence-electron chi connectivity index (χ2n) is 3.22. The van der Waals surface area contributed by atoms with Crippen LogP contribution in [0.5, 0.6) is 0 Å². The van der Waals surface area contributed by atoms with E-state index in [0.717, 1.165) is 0 Å². The number of imidazole rings is 1. The Balaban J connectivity index is 0. The van der Waals surface area contributed by atoms with Crippen molar-refractivity contribution in [2.75, 3.05) is 7.05 Å². The smallest absolute Gasteiger partial charge is 0.0926 e. The highest BCUT2D eigenvalue weighted by Crippen LogP contribution is 2.37. The molecule has 0 radical (unpaired) electrons. The van der Waals surface area contributed by atoms with E-state index in [9.17, 15) is 0 Å². The lowest BCUT2D eigenvalue weighted by molar-refractivity contribution is 0.227. The molecule has 17 heavy (non-hydrogen) atoms. The van der Waals surface area contributed by atoms with Crippen LogP contribution in [0.15, 0.2) is 6.33 Å². The SMILES string of the molecule is CC.CC.CC.CC1c2nc[nH]c2C(C)N1C. The number of aromatic nitrogens is 2. The third-order valence-corrected chi connectivity index (χ3v) is 2.73. The minimum atomic E-state index is 0.464. The van der Waals surface area contributed by atoms with Crippen molar-refractivity contribution >= 4 is 0 Å². The average molecular weight is 241 g/mol. The Kier molecular flexibility index (Phi) is 11.3. The van der Waals surface area contributed by atoms with E-state index in [2.05, 4.69) is 35.8 Å². The quantitative estimate of drug-likeness (QED) is 0.722. The molecule has 1 aromatic rings. The fourth-order valence-corrected chi connectivity index (χ4v) is 1.71. The lowest BCUT2D eigenvalue weighted by Crippen LogP contribution is -2.18. The molecule has 0 amide bonds. The number of nitrogens with one attached hydrogen (secondary N) is 1. The summed E-state index contributed by atoms with van der Waals surface area (Å²) in [7, 11) is 2.13. The number of hydrogen-bond acceptors (Lipinski definition) is 2. The summed E-state index contributed by atoms with van der Waals surface area (Å²) in [4.78, 5) is 9.77. The molecule has 3 heteroatoms. The fraction of sp³-hybridized carbons (Fsp3) is 0.786. The Morgan fingerprint density at radius 1 is 1.00 bits per heavy atom. The molecule has 3 nitrogen and oxygen atoms in total. The predicted octanol–water partition coefficient (Wildman–Crippen LogP) is 4.56. The van der Waals surface area contributed by atoms with Gasteiger partial charge in [0.15, 0.2) is 0 Å². The maximum Gasteiger partial charge on any atom is 0.0926 e. The first-order chi connectivity index (χ1) is 8.22. The molecular weight excluding hydrogens is 210 g/mol. The topological polar surface area (TPSA) is 31.9 Å². The summed E-state index contributed by atoms with van der Waals surface area (Å²) in [6.07, 6.45) is 1.78. The maximum atomic E-state index is 4.28. The number of nitrogens with zero attached hydrogens (tertiary/aromatic N) is 2. The normalized spacial score (nSPS) is 21.0. The number of fused-ring (bicyclic) bond motifs is 1. The Labute approximate surface area is 108 Å². The van der Waals surface area contributed by atoms with Gasteiger partial charge in [-0.05, 0) is 20.9 Å². The molecule has 102 valence electrons. The Hall–Kier alpha value is -0.830. The largest absolute Gasteiger partial charge is 0.347 e. The van der Waals surface area contributed by atoms with E-state index in [1.807, 2.05) is 41.5 Å². The summed E-state index contributed by atoms with van der Waals surface area (Å²) in [6, 6.07) is 0.953. The van der Waals surface area contributed by atoms with E-state index >= 15 is 0 Å². The standard InChI is InChI=1S/C8H13N3.3C2H6/c1-5-7-8(10-4-9-7)6(2)11(5)3;3*1-2/h4-6H,1-3H3,(H,9,10);3*1-2H3. The van der Waals surface area contributed by atoms with Gasteiger partial charge in [0.2, 0.25) is 0 Å². The molecule has 1 aliphatic heterocycles. The van der Waals surface area contributed by atoms with Gasteiger partial charge in [-0.25, -0.2) is 4.98 Å². The third kappa shape index (κ3) is 4.15. The monoisotopic (exact) mass is 241 g/mol. The van der Waals surface area contributed by atoms with Gasteiger partial charge in [0, 0.05) is 6.04 Å². The zero-order valence-electron chi connectivity index (χ0n) is 13.1. The first-order valence-electron chi connectivity index (χ1n) is 6.97. The summed E-state index contributed by atoms with van der Waals surface area (Å²) in [6.45, 7) is 16.4. The van der Waals surface area contributed by atoms with Crippen LogP contribution in [-0.4, -0.2) is 21.9 Å². The molecule has 1 aliphatic rings. The van der Waals surface area contributed by atoms with E-state index in [1.54, 1.807) is 6.33 Å². The van der Waals surface area contributed by atoms with Crippen LogP contribution in [0.4, 0.5) is 0 Å². The Morgan fingerprint density at radius 3 is 1.88 bits per heavy atom. The van der Waals surface area contributed by atoms with Gasteiger partial charge in [0.1, 0.15) is 0 Å². The molecule has 0 saturated carbocycles. The van der Waals surface area contributed by atoms with E-state index < -0.39 is 0 Å². The van der Waals surface area contributed by atoms with Crippen molar-refractivity contribution in [3.05, 3.63) is 17.7 Å². The van der Waals surface area contributed by atoms with Crippen LogP contribution in [0.3, 0.4) is 0 Å². The van der Waals surface area contributed by atoms with Gasteiger partial charge >= 0.3 is 0 Å². The minimum Gasteiger partial charge on any atom is -0.347 e. The van der Waals surface area contributed by atoms with Crippen molar-refractivity contribution in [2.45, 2.75) is 67.5 Å². The van der Waals surface area contributed by atoms with Crippen LogP contribution in [0, 0.1) is 0 Å². The lowest BCUT2D eigenvalue weighted by Gasteiger charge is -2.19. The van der Waals surface area contributed by atoms with Crippen LogP contribution in [0.25, 0.3) is 0 Å². The molecular formula is C14H31N3. The highest BCUT2D eigenvalue weighted by atomic mass is 15.2. The van der Waals surface area contributed by atoms with E-state index in [-0.39, 0.29) is 0 Å². The number of hydrogen-bond donors (Lipinski definition) is 1. The van der Waals surface area contributed by atoms with Crippen molar-refractivity contribution in [1.29, 1.82) is 0 Å². The zero-order chi connectivity index (χ0) is 14.0. The van der Waals surface area contributed by atoms with Gasteiger partial charge < -0.3 is 4.98 Å². The maximum absolute atomic E-state index is 4.28. The van der Waals surface area contributed by atoms with Gasteiger partial charge in [-0.15, -0.1) is 0 Å². The molecule has 2 atom stereocenters. The summed E-state index contributed by atoms with van der Waals surface area (Å²) >= 11 is 0. The van der Waals surface area contributed by atoms with Crippen LogP contribution in [0.1, 0.15) is 78.9 Å². The molecule has 0 fully saturated rings. The Bertz CT molecular complexity index is 244. The highest BCUT2D eigenvalue weighted by Gasteiger charge is 2.32. The fourth-order valence-electron chi connectivity index (χ4n) is 1.71. The second-order valence-corrected chi connectivity index (χ2v) is 3.22. The third-order valence-electron chi connectivity index (χ3n) is 2.73. The molecule has 0 bridgehead atoms. The van der Waals surface area contributed by atoms with Gasteiger partial charge in [0.05, 0.1) is 23.8 Å². The number of rotatable bonds is 0. The van der Waals surface area contributed by atoms with Crippen LogP contribution >= 0.6 is 0 Å². The van der Waals surface area contributed by atoms with Crippen molar-refractivity contribution in [1.82, 2.24) is 14.9 Å². The van der Waals surface area contributed by atoms with Crippen LogP contribution < -0.4 is 0 Å². The summed E-state index contributed by atoms with van der Waals surface area (Å²) in [5.41, 5.74) is 2.49. The lowest BCUT2D eigenvalue weighted by atomic mass is 10.2. The summed E-state index contributed by atoms with van der Waals surface area (Å²) < 4.78 is 0. The van der Waals surface area contributed by atoms with E-state index in [0.29, 0.717) is 12.1 Å². The predicted molar refractivity (Wildman–Crippen MR) is 77.2 cm³/mol. The molecule has 1 N–H and O–H groups in total. The number of aromatic amines is 1. The number of H-pyrrole nitrogens is 1. The van der Waals surface area contributed by atoms with Gasteiger partial charge in [-0.1, -0.05) is 41.5 Å². The minimum absolute atomic E-state index is 0.464. The van der Waals surface area contributed by atoms with Crippen LogP contribution in [0.2, 0.25) is 0 Å². The van der Waals surface area contributed by atoms with E-state index in [1.165, 1.54) is 11.4 Å². The van der Waals surface area contributed by atoms with Crippen LogP contribution in [-0.2, 0) is 0 Å². The molecule has 0 spiro atoms. The van der Waals surface area contributed by atoms with Crippen molar-refractivity contribution in [2.24, 2.45) is 0 Å². The van der Waals surface area contributed by atoms with Gasteiger partial charge in [-0.2, -0.15) is 0 Å². The summed E-state index contributed by atoms with van der Waals surface area (Å²) in [5.74, 6) is 0. The van der Waals surface area contributed by atoms with Gasteiger partial charge in [0.25, 0.3) is 0 Å². The second kappa shape index (κ2) is 10.3. The molecule has 2 heterocycles. The van der Waals surface area contributed by atoms with Crippen molar-refractivity contribution < 1.29 is 0 Å². The van der Waals surface area contributed by atoms with Gasteiger partial charge in [-0.3, -0.25) is 4.90 Å². The summed E-state index contributed by atoms with van der Waals surface area (Å²) in [5, 5.41) is 0. The van der Waals surface area contributed by atoms with Crippen molar-refractivity contribution in [3.63, 3.8) is 0 Å². The average Bonchev–Trinajstić information content (AvgIpc) is 2.98. The molecule has 0 aromatic carbocycles. The molecule has 2 rings (SSSR count). The van der Waals surface area contributed by atoms with E-state index in [4.69, 9.17) is 0 Å². The molecule has 0 aliphatic carbocycles. The highest BCUT2D eigenvalue weighted by molar-refractivity contribution is 5.24. The zero-order valence-corrected chi connectivity index (χ0v) is 13.1. The first kappa shape index (κ1) is 18.5. The molecule has 0 saturated heterocycles. The van der Waals surface area contributed by atoms with Crippen molar-refractivity contribution in [3.8, 4) is 0 Å². The molecule has 2 unspecified atom stereocenters. The molecule has 1 aromatic heterocycles. The first-order valence-corrected chi connectivity index (χ1v) is 6.97.